The minimum Gasteiger partial charge on any atom is -0.460 e. The fraction of sp³-hybridized carbons (Fsp3) is 0.211. The predicted octanol–water partition coefficient (Wildman–Crippen LogP) is 4.93. The topological polar surface area (TPSA) is 31.2 Å². The quantitative estimate of drug-likeness (QED) is 0.495. The molecule has 3 rings (SSSR count). The zero-order valence-corrected chi connectivity index (χ0v) is 13.6. The lowest BCUT2D eigenvalue weighted by molar-refractivity contribution is -0.139. The third kappa shape index (κ3) is 3.24. The average molecular weight is 347 g/mol. The highest BCUT2D eigenvalue weighted by Gasteiger charge is 2.31. The smallest absolute Gasteiger partial charge is 0.416 e. The van der Waals surface area contributed by atoms with Gasteiger partial charge in [0.15, 0.2) is 0 Å². The average Bonchev–Trinajstić information content (AvgIpc) is 2.87. The molecule has 0 fully saturated rings. The summed E-state index contributed by atoms with van der Waals surface area (Å²) in [6, 6.07) is 10.9. The molecule has 0 radical (unpaired) electrons. The molecule has 130 valence electrons. The maximum absolute atomic E-state index is 13.0. The second-order valence-electron chi connectivity index (χ2n) is 5.81. The van der Waals surface area contributed by atoms with Crippen LogP contribution in [0.3, 0.4) is 0 Å². The Hall–Kier alpha value is -2.76. The Kier molecular flexibility index (Phi) is 4.29. The molecule has 3 aromatic rings. The molecular weight excluding hydrogens is 331 g/mol. The summed E-state index contributed by atoms with van der Waals surface area (Å²) in [5, 5.41) is 1.26. The normalized spacial score (nSPS) is 11.8. The molecule has 0 aliphatic heterocycles. The standard InChI is InChI=1S/C19H16F3NO2/c1-12(2)18(24)25-10-9-23-16-6-4-3-5-14(16)15-11-13(19(20,21)22)7-8-17(15)23/h3-8,11H,1,9-10H2,2H3. The number of aromatic nitrogens is 1. The van der Waals surface area contributed by atoms with Gasteiger partial charge in [0.05, 0.1) is 12.1 Å². The summed E-state index contributed by atoms with van der Waals surface area (Å²) in [6.07, 6.45) is -4.39. The highest BCUT2D eigenvalue weighted by atomic mass is 19.4. The molecule has 25 heavy (non-hydrogen) atoms. The van der Waals surface area contributed by atoms with Crippen molar-refractivity contribution in [1.82, 2.24) is 4.57 Å². The number of carbonyl (C=O) groups is 1. The first kappa shape index (κ1) is 17.1. The molecule has 0 aliphatic rings. The molecule has 2 aromatic carbocycles. The maximum atomic E-state index is 13.0. The fourth-order valence-electron chi connectivity index (χ4n) is 2.82. The van der Waals surface area contributed by atoms with Crippen LogP contribution in [0.2, 0.25) is 0 Å². The van der Waals surface area contributed by atoms with Crippen LogP contribution in [0.4, 0.5) is 13.2 Å². The molecule has 1 aromatic heterocycles. The van der Waals surface area contributed by atoms with E-state index in [2.05, 4.69) is 6.58 Å². The van der Waals surface area contributed by atoms with Gasteiger partial charge in [0.1, 0.15) is 6.61 Å². The zero-order valence-electron chi connectivity index (χ0n) is 13.6. The molecule has 1 heterocycles. The number of para-hydroxylation sites is 1. The number of nitrogens with zero attached hydrogens (tertiary/aromatic N) is 1. The number of benzene rings is 2. The molecule has 0 saturated carbocycles. The van der Waals surface area contributed by atoms with Gasteiger partial charge in [-0.05, 0) is 31.2 Å². The van der Waals surface area contributed by atoms with Crippen LogP contribution in [0, 0.1) is 0 Å². The van der Waals surface area contributed by atoms with Crippen molar-refractivity contribution < 1.29 is 22.7 Å². The van der Waals surface area contributed by atoms with Crippen LogP contribution in [-0.2, 0) is 22.3 Å². The van der Waals surface area contributed by atoms with E-state index < -0.39 is 17.7 Å². The summed E-state index contributed by atoms with van der Waals surface area (Å²) in [5.74, 6) is -0.486. The summed E-state index contributed by atoms with van der Waals surface area (Å²) in [6.45, 7) is 5.53. The molecule has 0 amide bonds. The van der Waals surface area contributed by atoms with Crippen LogP contribution in [0.25, 0.3) is 21.8 Å². The fourth-order valence-corrected chi connectivity index (χ4v) is 2.82. The Bertz CT molecular complexity index is 970. The van der Waals surface area contributed by atoms with Gasteiger partial charge in [0.25, 0.3) is 0 Å². The molecule has 0 saturated heterocycles. The van der Waals surface area contributed by atoms with E-state index in [1.807, 2.05) is 16.7 Å². The minimum absolute atomic E-state index is 0.112. The number of alkyl halides is 3. The number of halogens is 3. The Morgan fingerprint density at radius 1 is 1.12 bits per heavy atom. The number of hydrogen-bond acceptors (Lipinski definition) is 2. The van der Waals surface area contributed by atoms with E-state index >= 15 is 0 Å². The summed E-state index contributed by atoms with van der Waals surface area (Å²) < 4.78 is 46.0. The van der Waals surface area contributed by atoms with Crippen molar-refractivity contribution in [3.8, 4) is 0 Å². The molecule has 6 heteroatoms. The third-order valence-corrected chi connectivity index (χ3v) is 4.00. The van der Waals surface area contributed by atoms with Crippen molar-refractivity contribution >= 4 is 27.8 Å². The van der Waals surface area contributed by atoms with E-state index in [0.29, 0.717) is 23.0 Å². The van der Waals surface area contributed by atoms with Crippen molar-refractivity contribution in [2.75, 3.05) is 6.61 Å². The molecule has 0 aliphatic carbocycles. The van der Waals surface area contributed by atoms with Gasteiger partial charge in [0, 0.05) is 27.4 Å². The van der Waals surface area contributed by atoms with Gasteiger partial charge in [-0.25, -0.2) is 4.79 Å². The van der Waals surface area contributed by atoms with Gasteiger partial charge >= 0.3 is 12.1 Å². The van der Waals surface area contributed by atoms with Gasteiger partial charge in [-0.3, -0.25) is 0 Å². The van der Waals surface area contributed by atoms with E-state index in [1.54, 1.807) is 19.1 Å². The Balaban J connectivity index is 2.04. The summed E-state index contributed by atoms with van der Waals surface area (Å²) in [4.78, 5) is 11.5. The molecule has 0 spiro atoms. The van der Waals surface area contributed by atoms with Crippen LogP contribution < -0.4 is 0 Å². The minimum atomic E-state index is -4.39. The molecule has 0 N–H and O–H groups in total. The monoisotopic (exact) mass is 347 g/mol. The zero-order chi connectivity index (χ0) is 18.2. The van der Waals surface area contributed by atoms with E-state index in [-0.39, 0.29) is 6.61 Å². The van der Waals surface area contributed by atoms with E-state index in [0.717, 1.165) is 23.0 Å². The van der Waals surface area contributed by atoms with Gasteiger partial charge in [-0.2, -0.15) is 13.2 Å². The van der Waals surface area contributed by atoms with Crippen molar-refractivity contribution in [1.29, 1.82) is 0 Å². The Morgan fingerprint density at radius 2 is 1.80 bits per heavy atom. The largest absolute Gasteiger partial charge is 0.460 e. The van der Waals surface area contributed by atoms with E-state index in [1.165, 1.54) is 6.07 Å². The highest BCUT2D eigenvalue weighted by Crippen LogP contribution is 2.35. The maximum Gasteiger partial charge on any atom is 0.416 e. The molecule has 0 unspecified atom stereocenters. The van der Waals surface area contributed by atoms with E-state index in [9.17, 15) is 18.0 Å². The second kappa shape index (κ2) is 6.27. The van der Waals surface area contributed by atoms with E-state index in [4.69, 9.17) is 4.74 Å². The number of fused-ring (bicyclic) bond motifs is 3. The van der Waals surface area contributed by atoms with Crippen molar-refractivity contribution in [2.45, 2.75) is 19.6 Å². The third-order valence-electron chi connectivity index (χ3n) is 4.00. The SMILES string of the molecule is C=C(C)C(=O)OCCn1c2ccccc2c2cc(C(F)(F)F)ccc21. The summed E-state index contributed by atoms with van der Waals surface area (Å²) in [5.41, 5.74) is 1.08. The van der Waals surface area contributed by atoms with Gasteiger partial charge in [-0.15, -0.1) is 0 Å². The predicted molar refractivity (Wildman–Crippen MR) is 90.2 cm³/mol. The molecule has 0 atom stereocenters. The van der Waals surface area contributed by atoms with Gasteiger partial charge in [-0.1, -0.05) is 24.8 Å². The van der Waals surface area contributed by atoms with Crippen LogP contribution in [0.1, 0.15) is 12.5 Å². The molecule has 3 nitrogen and oxygen atoms in total. The van der Waals surface area contributed by atoms with Crippen LogP contribution in [0.5, 0.6) is 0 Å². The lowest BCUT2D eigenvalue weighted by Gasteiger charge is -2.10. The molecule has 0 bridgehead atoms. The van der Waals surface area contributed by atoms with Crippen LogP contribution >= 0.6 is 0 Å². The van der Waals surface area contributed by atoms with Crippen LogP contribution in [-0.4, -0.2) is 17.1 Å². The summed E-state index contributed by atoms with van der Waals surface area (Å²) in [7, 11) is 0. The first-order valence-corrected chi connectivity index (χ1v) is 7.70. The first-order valence-electron chi connectivity index (χ1n) is 7.70. The number of carbonyl (C=O) groups excluding carboxylic acids is 1. The van der Waals surface area contributed by atoms with Crippen molar-refractivity contribution in [3.05, 3.63) is 60.2 Å². The molecular formula is C19H16F3NO2. The second-order valence-corrected chi connectivity index (χ2v) is 5.81. The lowest BCUT2D eigenvalue weighted by atomic mass is 10.1. The number of esters is 1. The van der Waals surface area contributed by atoms with Crippen LogP contribution in [0.15, 0.2) is 54.6 Å². The number of hydrogen-bond donors (Lipinski definition) is 0. The lowest BCUT2D eigenvalue weighted by Crippen LogP contribution is -2.11. The van der Waals surface area contributed by atoms with Crippen molar-refractivity contribution in [2.24, 2.45) is 0 Å². The number of ether oxygens (including phenoxy) is 1. The van der Waals surface area contributed by atoms with Gasteiger partial charge < -0.3 is 9.30 Å². The van der Waals surface area contributed by atoms with Crippen molar-refractivity contribution in [3.63, 3.8) is 0 Å². The van der Waals surface area contributed by atoms with Gasteiger partial charge in [0.2, 0.25) is 0 Å². The Labute approximate surface area is 142 Å². The first-order chi connectivity index (χ1) is 11.8. The summed E-state index contributed by atoms with van der Waals surface area (Å²) >= 11 is 0. The number of rotatable bonds is 4. The Morgan fingerprint density at radius 3 is 2.48 bits per heavy atom. The highest BCUT2D eigenvalue weighted by molar-refractivity contribution is 6.08.